The maximum absolute atomic E-state index is 8.94. The van der Waals surface area contributed by atoms with E-state index in [-0.39, 0.29) is 6.61 Å². The highest BCUT2D eigenvalue weighted by Crippen LogP contribution is 2.25. The molecule has 0 atom stereocenters. The summed E-state index contributed by atoms with van der Waals surface area (Å²) in [6.07, 6.45) is 4.47. The zero-order valence-electron chi connectivity index (χ0n) is 7.86. The highest BCUT2D eigenvalue weighted by Gasteiger charge is 2.19. The predicted molar refractivity (Wildman–Crippen MR) is 50.0 cm³/mol. The summed E-state index contributed by atoms with van der Waals surface area (Å²) in [4.78, 5) is 0. The molecule has 74 valence electrons. The van der Waals surface area contributed by atoms with Gasteiger partial charge in [0.15, 0.2) is 0 Å². The normalized spacial score (nSPS) is 16.1. The molecule has 0 saturated heterocycles. The van der Waals surface area contributed by atoms with Crippen molar-refractivity contribution in [1.82, 2.24) is 9.61 Å². The average molecular weight is 192 g/mol. The van der Waals surface area contributed by atoms with Gasteiger partial charge < -0.3 is 9.52 Å². The average Bonchev–Trinajstić information content (AvgIpc) is 2.73. The van der Waals surface area contributed by atoms with Gasteiger partial charge in [-0.3, -0.25) is 0 Å². The van der Waals surface area contributed by atoms with Gasteiger partial charge in [-0.1, -0.05) is 0 Å². The number of aryl methyl sites for hydroxylation is 2. The van der Waals surface area contributed by atoms with E-state index < -0.39 is 0 Å². The first-order valence-corrected chi connectivity index (χ1v) is 4.98. The summed E-state index contributed by atoms with van der Waals surface area (Å²) in [5, 5.41) is 13.2. The van der Waals surface area contributed by atoms with Crippen LogP contribution in [0.15, 0.2) is 10.5 Å². The van der Waals surface area contributed by atoms with Gasteiger partial charge in [0.25, 0.3) is 0 Å². The first-order valence-electron chi connectivity index (χ1n) is 4.98. The predicted octanol–water partition coefficient (Wildman–Crippen LogP) is 1.30. The molecule has 2 heterocycles. The summed E-state index contributed by atoms with van der Waals surface area (Å²) in [5.74, 6) is 1.07. The van der Waals surface area contributed by atoms with Crippen LogP contribution in [0, 0.1) is 0 Å². The molecule has 1 N–H and O–H groups in total. The van der Waals surface area contributed by atoms with Crippen LogP contribution in [0.2, 0.25) is 0 Å². The van der Waals surface area contributed by atoms with Gasteiger partial charge >= 0.3 is 0 Å². The van der Waals surface area contributed by atoms with Gasteiger partial charge in [-0.2, -0.15) is 5.10 Å². The Kier molecular flexibility index (Phi) is 1.64. The number of hydrogen-bond acceptors (Lipinski definition) is 3. The van der Waals surface area contributed by atoms with Gasteiger partial charge in [-0.15, -0.1) is 0 Å². The van der Waals surface area contributed by atoms with E-state index in [1.807, 2.05) is 4.52 Å². The standard InChI is InChI=1S/C10H12N2O2/c13-6-7-5-10-12(11-7)8-3-1-2-4-9(8)14-10/h5,13H,1-4,6H2. The second-order valence-corrected chi connectivity index (χ2v) is 3.72. The second kappa shape index (κ2) is 2.85. The van der Waals surface area contributed by atoms with Crippen molar-refractivity contribution < 1.29 is 9.52 Å². The Labute approximate surface area is 81.1 Å². The third-order valence-corrected chi connectivity index (χ3v) is 2.76. The van der Waals surface area contributed by atoms with Crippen LogP contribution in [0.25, 0.3) is 5.71 Å². The topological polar surface area (TPSA) is 50.7 Å². The van der Waals surface area contributed by atoms with Crippen LogP contribution in [-0.4, -0.2) is 14.7 Å². The monoisotopic (exact) mass is 192 g/mol. The molecular weight excluding hydrogens is 180 g/mol. The SMILES string of the molecule is OCc1cc2oc3c(n2n1)CCCC3. The van der Waals surface area contributed by atoms with Crippen molar-refractivity contribution in [3.05, 3.63) is 23.2 Å². The molecule has 3 rings (SSSR count). The smallest absolute Gasteiger partial charge is 0.222 e. The Morgan fingerprint density at radius 1 is 1.43 bits per heavy atom. The minimum absolute atomic E-state index is 0.0219. The van der Waals surface area contributed by atoms with Gasteiger partial charge in [0, 0.05) is 12.5 Å². The molecule has 14 heavy (non-hydrogen) atoms. The van der Waals surface area contributed by atoms with Crippen LogP contribution in [0.4, 0.5) is 0 Å². The van der Waals surface area contributed by atoms with Crippen molar-refractivity contribution in [1.29, 1.82) is 0 Å². The molecule has 1 aliphatic rings. The molecule has 4 nitrogen and oxygen atoms in total. The Morgan fingerprint density at radius 2 is 2.29 bits per heavy atom. The summed E-state index contributed by atoms with van der Waals surface area (Å²) in [6, 6.07) is 1.80. The summed E-state index contributed by atoms with van der Waals surface area (Å²) >= 11 is 0. The van der Waals surface area contributed by atoms with Crippen LogP contribution in [0.5, 0.6) is 0 Å². The molecule has 4 heteroatoms. The zero-order valence-corrected chi connectivity index (χ0v) is 7.86. The number of aliphatic hydroxyl groups excluding tert-OH is 1. The quantitative estimate of drug-likeness (QED) is 0.740. The largest absolute Gasteiger partial charge is 0.441 e. The first kappa shape index (κ1) is 8.05. The van der Waals surface area contributed by atoms with Crippen molar-refractivity contribution in [3.8, 4) is 0 Å². The Balaban J connectivity index is 2.21. The molecule has 0 spiro atoms. The number of rotatable bonds is 1. The fourth-order valence-electron chi connectivity index (χ4n) is 2.08. The molecule has 0 amide bonds. The zero-order chi connectivity index (χ0) is 9.54. The van der Waals surface area contributed by atoms with Crippen molar-refractivity contribution in [3.63, 3.8) is 0 Å². The summed E-state index contributed by atoms with van der Waals surface area (Å²) in [6.45, 7) is -0.0219. The molecule has 0 aliphatic heterocycles. The number of hydrogen-bond donors (Lipinski definition) is 1. The van der Waals surface area contributed by atoms with E-state index in [0.29, 0.717) is 5.69 Å². The molecule has 0 radical (unpaired) electrons. The van der Waals surface area contributed by atoms with Crippen LogP contribution >= 0.6 is 0 Å². The first-order chi connectivity index (χ1) is 6.88. The van der Waals surface area contributed by atoms with E-state index in [0.717, 1.165) is 24.3 Å². The van der Waals surface area contributed by atoms with Crippen LogP contribution < -0.4 is 0 Å². The minimum Gasteiger partial charge on any atom is -0.441 e. The Hall–Kier alpha value is -1.29. The lowest BCUT2D eigenvalue weighted by Gasteiger charge is -2.07. The van der Waals surface area contributed by atoms with E-state index >= 15 is 0 Å². The van der Waals surface area contributed by atoms with Crippen LogP contribution in [-0.2, 0) is 19.4 Å². The van der Waals surface area contributed by atoms with Gasteiger partial charge in [0.1, 0.15) is 5.76 Å². The van der Waals surface area contributed by atoms with Crippen molar-refractivity contribution in [2.45, 2.75) is 32.3 Å². The maximum atomic E-state index is 8.94. The fourth-order valence-corrected chi connectivity index (χ4v) is 2.08. The molecule has 2 aromatic rings. The maximum Gasteiger partial charge on any atom is 0.222 e. The van der Waals surface area contributed by atoms with E-state index in [4.69, 9.17) is 9.52 Å². The van der Waals surface area contributed by atoms with Gasteiger partial charge in [0.2, 0.25) is 5.71 Å². The van der Waals surface area contributed by atoms with E-state index in [1.165, 1.54) is 18.5 Å². The third kappa shape index (κ3) is 1.00. The summed E-state index contributed by atoms with van der Waals surface area (Å²) < 4.78 is 7.50. The van der Waals surface area contributed by atoms with Crippen LogP contribution in [0.3, 0.4) is 0 Å². The van der Waals surface area contributed by atoms with E-state index in [9.17, 15) is 0 Å². The van der Waals surface area contributed by atoms with Crippen LogP contribution in [0.1, 0.15) is 30.0 Å². The molecule has 0 aromatic carbocycles. The molecule has 1 aliphatic carbocycles. The molecule has 0 fully saturated rings. The van der Waals surface area contributed by atoms with Crippen molar-refractivity contribution in [2.24, 2.45) is 0 Å². The molecule has 2 aromatic heterocycles. The summed E-state index contributed by atoms with van der Waals surface area (Å²) in [7, 11) is 0. The summed E-state index contributed by atoms with van der Waals surface area (Å²) in [5.41, 5.74) is 2.63. The Bertz CT molecular complexity index is 470. The molecule has 0 unspecified atom stereocenters. The van der Waals surface area contributed by atoms with Gasteiger partial charge in [-0.25, -0.2) is 4.52 Å². The fraction of sp³-hybridized carbons (Fsp3) is 0.500. The van der Waals surface area contributed by atoms with Gasteiger partial charge in [-0.05, 0) is 19.3 Å². The number of aromatic nitrogens is 2. The number of aliphatic hydroxyl groups is 1. The van der Waals surface area contributed by atoms with Crippen molar-refractivity contribution in [2.75, 3.05) is 0 Å². The molecule has 0 bridgehead atoms. The van der Waals surface area contributed by atoms with E-state index in [1.54, 1.807) is 6.07 Å². The Morgan fingerprint density at radius 3 is 3.14 bits per heavy atom. The lowest BCUT2D eigenvalue weighted by Crippen LogP contribution is -2.04. The second-order valence-electron chi connectivity index (χ2n) is 3.72. The lowest BCUT2D eigenvalue weighted by molar-refractivity contribution is 0.276. The highest BCUT2D eigenvalue weighted by molar-refractivity contribution is 5.39. The highest BCUT2D eigenvalue weighted by atomic mass is 16.4. The van der Waals surface area contributed by atoms with Crippen molar-refractivity contribution >= 4 is 5.71 Å². The minimum atomic E-state index is -0.0219. The third-order valence-electron chi connectivity index (χ3n) is 2.76. The van der Waals surface area contributed by atoms with E-state index in [2.05, 4.69) is 5.10 Å². The number of oxazole rings is 1. The number of fused-ring (bicyclic) bond motifs is 3. The molecule has 0 saturated carbocycles. The number of nitrogens with zero attached hydrogens (tertiary/aromatic N) is 2. The van der Waals surface area contributed by atoms with Gasteiger partial charge in [0.05, 0.1) is 18.0 Å². The lowest BCUT2D eigenvalue weighted by atomic mass is 10.0. The molecular formula is C10H12N2O2.